The molecular formula is C14H23N3OS. The van der Waals surface area contributed by atoms with Crippen LogP contribution in [0.5, 0.6) is 0 Å². The average Bonchev–Trinajstić information content (AvgIpc) is 3.00. The summed E-state index contributed by atoms with van der Waals surface area (Å²) < 4.78 is 0. The second-order valence-corrected chi connectivity index (χ2v) is 6.80. The smallest absolute Gasteiger partial charge is 0.185 e. The van der Waals surface area contributed by atoms with Crippen molar-refractivity contribution in [2.24, 2.45) is 0 Å². The molecule has 0 spiro atoms. The SMILES string of the molecule is CN(c1nc(CNC2(CO)CCCC2)cs1)C1CC1. The summed E-state index contributed by atoms with van der Waals surface area (Å²) in [7, 11) is 2.14. The first kappa shape index (κ1) is 13.3. The van der Waals surface area contributed by atoms with E-state index in [1.54, 1.807) is 11.3 Å². The third kappa shape index (κ3) is 2.93. The molecule has 0 aromatic carbocycles. The molecule has 3 rings (SSSR count). The van der Waals surface area contributed by atoms with Gasteiger partial charge < -0.3 is 15.3 Å². The Morgan fingerprint density at radius 3 is 2.84 bits per heavy atom. The fraction of sp³-hybridized carbons (Fsp3) is 0.786. The number of hydrogen-bond acceptors (Lipinski definition) is 5. The van der Waals surface area contributed by atoms with E-state index in [-0.39, 0.29) is 12.1 Å². The predicted molar refractivity (Wildman–Crippen MR) is 78.7 cm³/mol. The summed E-state index contributed by atoms with van der Waals surface area (Å²) in [5.74, 6) is 0. The van der Waals surface area contributed by atoms with Crippen molar-refractivity contribution in [3.8, 4) is 0 Å². The van der Waals surface area contributed by atoms with Crippen LogP contribution in [0.2, 0.25) is 0 Å². The summed E-state index contributed by atoms with van der Waals surface area (Å²) in [6.07, 6.45) is 7.22. The Balaban J connectivity index is 1.57. The zero-order valence-electron chi connectivity index (χ0n) is 11.6. The molecule has 4 nitrogen and oxygen atoms in total. The van der Waals surface area contributed by atoms with Crippen molar-refractivity contribution in [2.75, 3.05) is 18.6 Å². The minimum Gasteiger partial charge on any atom is -0.394 e. The van der Waals surface area contributed by atoms with Crippen molar-refractivity contribution >= 4 is 16.5 Å². The standard InChI is InChI=1S/C14H23N3OS/c1-17(12-4-5-12)13-16-11(9-19-13)8-15-14(10-18)6-2-3-7-14/h9,12,15,18H,2-8,10H2,1H3. The van der Waals surface area contributed by atoms with E-state index in [0.717, 1.165) is 30.2 Å². The Morgan fingerprint density at radius 2 is 2.21 bits per heavy atom. The molecule has 1 aromatic rings. The van der Waals surface area contributed by atoms with Crippen LogP contribution < -0.4 is 10.2 Å². The number of aromatic nitrogens is 1. The van der Waals surface area contributed by atoms with E-state index < -0.39 is 0 Å². The molecule has 0 unspecified atom stereocenters. The van der Waals surface area contributed by atoms with Gasteiger partial charge >= 0.3 is 0 Å². The van der Waals surface area contributed by atoms with Crippen molar-refractivity contribution in [3.63, 3.8) is 0 Å². The van der Waals surface area contributed by atoms with E-state index in [2.05, 4.69) is 22.6 Å². The average molecular weight is 281 g/mol. The van der Waals surface area contributed by atoms with Gasteiger partial charge in [0.1, 0.15) is 0 Å². The zero-order valence-corrected chi connectivity index (χ0v) is 12.4. The fourth-order valence-electron chi connectivity index (χ4n) is 2.88. The summed E-state index contributed by atoms with van der Waals surface area (Å²) in [6, 6.07) is 0.713. The number of thiazole rings is 1. The Morgan fingerprint density at radius 1 is 1.47 bits per heavy atom. The van der Waals surface area contributed by atoms with Crippen LogP contribution in [0.4, 0.5) is 5.13 Å². The summed E-state index contributed by atoms with van der Waals surface area (Å²) >= 11 is 1.73. The van der Waals surface area contributed by atoms with Gasteiger partial charge in [-0.25, -0.2) is 4.98 Å². The Labute approximate surface area is 118 Å². The molecule has 19 heavy (non-hydrogen) atoms. The number of anilines is 1. The maximum Gasteiger partial charge on any atom is 0.185 e. The highest BCUT2D eigenvalue weighted by molar-refractivity contribution is 7.13. The van der Waals surface area contributed by atoms with Crippen molar-refractivity contribution in [1.29, 1.82) is 0 Å². The third-order valence-corrected chi connectivity index (χ3v) is 5.42. The molecule has 2 fully saturated rings. The Bertz CT molecular complexity index is 424. The number of nitrogens with zero attached hydrogens (tertiary/aromatic N) is 2. The zero-order chi connectivity index (χ0) is 13.3. The number of rotatable bonds is 6. The van der Waals surface area contributed by atoms with Crippen LogP contribution in [0, 0.1) is 0 Å². The molecule has 106 valence electrons. The van der Waals surface area contributed by atoms with Gasteiger partial charge in [-0.05, 0) is 25.7 Å². The van der Waals surface area contributed by atoms with Gasteiger partial charge in [-0.1, -0.05) is 12.8 Å². The minimum atomic E-state index is -0.0494. The Hall–Kier alpha value is -0.650. The normalized spacial score (nSPS) is 21.8. The highest BCUT2D eigenvalue weighted by atomic mass is 32.1. The first-order valence-electron chi connectivity index (χ1n) is 7.26. The highest BCUT2D eigenvalue weighted by Gasteiger charge is 2.33. The molecule has 0 radical (unpaired) electrons. The second kappa shape index (κ2) is 5.38. The molecule has 2 saturated carbocycles. The van der Waals surface area contributed by atoms with Crippen molar-refractivity contribution in [2.45, 2.75) is 56.7 Å². The van der Waals surface area contributed by atoms with Crippen LogP contribution in [-0.2, 0) is 6.54 Å². The van der Waals surface area contributed by atoms with Crippen molar-refractivity contribution < 1.29 is 5.11 Å². The molecular weight excluding hydrogens is 258 g/mol. The quantitative estimate of drug-likeness (QED) is 0.839. The monoisotopic (exact) mass is 281 g/mol. The lowest BCUT2D eigenvalue weighted by Gasteiger charge is -2.27. The summed E-state index contributed by atoms with van der Waals surface area (Å²) in [6.45, 7) is 1.02. The van der Waals surface area contributed by atoms with Crippen LogP contribution in [0.1, 0.15) is 44.2 Å². The van der Waals surface area contributed by atoms with Crippen LogP contribution in [-0.4, -0.2) is 35.3 Å². The summed E-state index contributed by atoms with van der Waals surface area (Å²) in [4.78, 5) is 7.00. The van der Waals surface area contributed by atoms with Gasteiger partial charge in [0.25, 0.3) is 0 Å². The fourth-order valence-corrected chi connectivity index (χ4v) is 3.74. The molecule has 1 aromatic heterocycles. The van der Waals surface area contributed by atoms with Crippen molar-refractivity contribution in [3.05, 3.63) is 11.1 Å². The topological polar surface area (TPSA) is 48.4 Å². The molecule has 0 atom stereocenters. The molecule has 0 aliphatic heterocycles. The van der Waals surface area contributed by atoms with E-state index in [1.165, 1.54) is 25.7 Å². The van der Waals surface area contributed by atoms with E-state index in [4.69, 9.17) is 4.98 Å². The van der Waals surface area contributed by atoms with Gasteiger partial charge in [0.2, 0.25) is 0 Å². The van der Waals surface area contributed by atoms with Crippen LogP contribution in [0.25, 0.3) is 0 Å². The Kier molecular flexibility index (Phi) is 3.78. The largest absolute Gasteiger partial charge is 0.394 e. The molecule has 5 heteroatoms. The molecule has 0 amide bonds. The van der Waals surface area contributed by atoms with Gasteiger partial charge in [-0.3, -0.25) is 0 Å². The summed E-state index contributed by atoms with van der Waals surface area (Å²) in [5, 5.41) is 16.4. The third-order valence-electron chi connectivity index (χ3n) is 4.44. The lowest BCUT2D eigenvalue weighted by atomic mass is 9.99. The lowest BCUT2D eigenvalue weighted by Crippen LogP contribution is -2.45. The molecule has 2 N–H and O–H groups in total. The molecule has 0 saturated heterocycles. The predicted octanol–water partition coefficient (Wildman–Crippen LogP) is 2.14. The van der Waals surface area contributed by atoms with Gasteiger partial charge in [0.05, 0.1) is 12.3 Å². The van der Waals surface area contributed by atoms with Crippen LogP contribution in [0.15, 0.2) is 5.38 Å². The molecule has 0 bridgehead atoms. The first-order valence-corrected chi connectivity index (χ1v) is 8.13. The van der Waals surface area contributed by atoms with E-state index in [1.807, 2.05) is 0 Å². The van der Waals surface area contributed by atoms with Crippen LogP contribution >= 0.6 is 11.3 Å². The first-order chi connectivity index (χ1) is 9.22. The number of aliphatic hydroxyl groups is 1. The van der Waals surface area contributed by atoms with E-state index in [0.29, 0.717) is 6.04 Å². The number of aliphatic hydroxyl groups excluding tert-OH is 1. The van der Waals surface area contributed by atoms with Gasteiger partial charge in [-0.15, -0.1) is 11.3 Å². The summed E-state index contributed by atoms with van der Waals surface area (Å²) in [5.41, 5.74) is 1.05. The minimum absolute atomic E-state index is 0.0494. The highest BCUT2D eigenvalue weighted by Crippen LogP contribution is 2.32. The molecule has 2 aliphatic rings. The van der Waals surface area contributed by atoms with Crippen LogP contribution in [0.3, 0.4) is 0 Å². The van der Waals surface area contributed by atoms with E-state index in [9.17, 15) is 5.11 Å². The van der Waals surface area contributed by atoms with Gasteiger partial charge in [0, 0.05) is 30.6 Å². The van der Waals surface area contributed by atoms with Gasteiger partial charge in [-0.2, -0.15) is 0 Å². The van der Waals surface area contributed by atoms with E-state index >= 15 is 0 Å². The number of nitrogens with one attached hydrogen (secondary N) is 1. The second-order valence-electron chi connectivity index (χ2n) is 5.96. The lowest BCUT2D eigenvalue weighted by molar-refractivity contribution is 0.162. The molecule has 2 aliphatic carbocycles. The maximum atomic E-state index is 9.58. The van der Waals surface area contributed by atoms with Gasteiger partial charge in [0.15, 0.2) is 5.13 Å². The maximum absolute atomic E-state index is 9.58. The van der Waals surface area contributed by atoms with Crippen molar-refractivity contribution in [1.82, 2.24) is 10.3 Å². The molecule has 1 heterocycles. The number of hydrogen-bond donors (Lipinski definition) is 2.